The molecule has 9 heteroatoms. The minimum Gasteiger partial charge on any atom is -0.443 e. The summed E-state index contributed by atoms with van der Waals surface area (Å²) in [5, 5.41) is 11.5. The van der Waals surface area contributed by atoms with Crippen molar-refractivity contribution in [3.8, 4) is 0 Å². The van der Waals surface area contributed by atoms with Crippen LogP contribution in [-0.4, -0.2) is 13.3 Å². The number of para-hydroxylation sites is 2. The van der Waals surface area contributed by atoms with Crippen molar-refractivity contribution in [2.24, 2.45) is 0 Å². The SMILES string of the molecule is C.O=[N+]([O-])c1cccc(CSc2ccccc2NS(=O)(=O)c2cc3ccccc3o2)c1. The number of nitro groups is 1. The number of nitrogens with one attached hydrogen (secondary N) is 1. The Kier molecular flexibility index (Phi) is 6.67. The predicted molar refractivity (Wildman–Crippen MR) is 123 cm³/mol. The highest BCUT2D eigenvalue weighted by Crippen LogP contribution is 2.32. The largest absolute Gasteiger partial charge is 0.443 e. The van der Waals surface area contributed by atoms with Gasteiger partial charge < -0.3 is 4.42 Å². The molecule has 0 amide bonds. The van der Waals surface area contributed by atoms with Gasteiger partial charge in [-0.1, -0.05) is 49.9 Å². The van der Waals surface area contributed by atoms with Gasteiger partial charge in [0.05, 0.1) is 10.6 Å². The van der Waals surface area contributed by atoms with Crippen LogP contribution >= 0.6 is 11.8 Å². The first-order valence-electron chi connectivity index (χ1n) is 8.89. The summed E-state index contributed by atoms with van der Waals surface area (Å²) in [5.41, 5.74) is 1.69. The molecule has 0 aliphatic rings. The number of hydrogen-bond donors (Lipinski definition) is 1. The van der Waals surface area contributed by atoms with E-state index in [4.69, 9.17) is 4.42 Å². The van der Waals surface area contributed by atoms with Crippen molar-refractivity contribution in [2.45, 2.75) is 23.2 Å². The van der Waals surface area contributed by atoms with E-state index in [0.717, 1.165) is 5.56 Å². The van der Waals surface area contributed by atoms with Crippen molar-refractivity contribution in [3.05, 3.63) is 94.5 Å². The average Bonchev–Trinajstić information content (AvgIpc) is 3.18. The lowest BCUT2D eigenvalue weighted by Crippen LogP contribution is -2.12. The second-order valence-electron chi connectivity index (χ2n) is 6.42. The Bertz CT molecular complexity index is 1300. The fraction of sp³-hybridized carbons (Fsp3) is 0.0909. The average molecular weight is 457 g/mol. The third-order valence-electron chi connectivity index (χ3n) is 4.31. The lowest BCUT2D eigenvalue weighted by molar-refractivity contribution is -0.384. The number of nitrogens with zero attached hydrogens (tertiary/aromatic N) is 1. The molecule has 4 aromatic rings. The van der Waals surface area contributed by atoms with Gasteiger partial charge in [0.15, 0.2) is 0 Å². The normalized spacial score (nSPS) is 11.1. The number of thioether (sulfide) groups is 1. The lowest BCUT2D eigenvalue weighted by atomic mass is 10.2. The number of furan rings is 1. The smallest absolute Gasteiger partial charge is 0.295 e. The summed E-state index contributed by atoms with van der Waals surface area (Å²) >= 11 is 1.38. The Morgan fingerprint density at radius 1 is 0.968 bits per heavy atom. The Labute approximate surface area is 184 Å². The Morgan fingerprint density at radius 3 is 2.48 bits per heavy atom. The van der Waals surface area contributed by atoms with Crippen LogP contribution in [-0.2, 0) is 15.8 Å². The first-order chi connectivity index (χ1) is 14.4. The van der Waals surface area contributed by atoms with E-state index in [1.807, 2.05) is 6.07 Å². The highest BCUT2D eigenvalue weighted by Gasteiger charge is 2.21. The number of rotatable bonds is 7. The maximum Gasteiger partial charge on any atom is 0.295 e. The van der Waals surface area contributed by atoms with Gasteiger partial charge in [-0.3, -0.25) is 14.8 Å². The van der Waals surface area contributed by atoms with Crippen molar-refractivity contribution in [1.82, 2.24) is 0 Å². The Morgan fingerprint density at radius 2 is 1.71 bits per heavy atom. The van der Waals surface area contributed by atoms with Crippen molar-refractivity contribution >= 4 is 44.1 Å². The van der Waals surface area contributed by atoms with E-state index in [1.165, 1.54) is 30.0 Å². The van der Waals surface area contributed by atoms with E-state index in [-0.39, 0.29) is 18.2 Å². The first-order valence-corrected chi connectivity index (χ1v) is 11.4. The molecule has 1 aromatic heterocycles. The molecular formula is C22H20N2O5S2. The van der Waals surface area contributed by atoms with Gasteiger partial charge in [0.1, 0.15) is 5.58 Å². The molecule has 4 rings (SSSR count). The zero-order valence-corrected chi connectivity index (χ0v) is 17.2. The predicted octanol–water partition coefficient (Wildman–Crippen LogP) is 6.07. The molecule has 0 saturated carbocycles. The molecule has 0 aliphatic carbocycles. The zero-order valence-electron chi connectivity index (χ0n) is 15.5. The first kappa shape index (κ1) is 22.4. The van der Waals surface area contributed by atoms with Crippen LogP contribution in [0.4, 0.5) is 11.4 Å². The number of nitro benzene ring substituents is 1. The highest BCUT2D eigenvalue weighted by molar-refractivity contribution is 7.98. The molecule has 7 nitrogen and oxygen atoms in total. The number of anilines is 1. The van der Waals surface area contributed by atoms with Gasteiger partial charge in [0.25, 0.3) is 15.7 Å². The molecule has 0 radical (unpaired) electrons. The van der Waals surface area contributed by atoms with Crippen molar-refractivity contribution in [3.63, 3.8) is 0 Å². The highest BCUT2D eigenvalue weighted by atomic mass is 32.2. The van der Waals surface area contributed by atoms with Gasteiger partial charge >= 0.3 is 0 Å². The van der Waals surface area contributed by atoms with E-state index >= 15 is 0 Å². The minimum absolute atomic E-state index is 0. The maximum absolute atomic E-state index is 12.8. The molecule has 0 unspecified atom stereocenters. The standard InChI is InChI=1S/C21H16N2O5S2.CH4/c24-23(25)17-8-5-6-15(12-17)14-29-20-11-4-2-9-18(20)22-30(26,27)21-13-16-7-1-3-10-19(16)28-21;/h1-13,22H,14H2;1H4. The third-order valence-corrected chi connectivity index (χ3v) is 6.68. The fourth-order valence-electron chi connectivity index (χ4n) is 2.88. The van der Waals surface area contributed by atoms with Gasteiger partial charge in [-0.05, 0) is 23.8 Å². The molecule has 1 heterocycles. The van der Waals surface area contributed by atoms with E-state index < -0.39 is 14.9 Å². The second-order valence-corrected chi connectivity index (χ2v) is 9.05. The molecule has 0 fully saturated rings. The van der Waals surface area contributed by atoms with Crippen LogP contribution in [0.5, 0.6) is 0 Å². The molecule has 0 bridgehead atoms. The summed E-state index contributed by atoms with van der Waals surface area (Å²) in [4.78, 5) is 11.2. The lowest BCUT2D eigenvalue weighted by Gasteiger charge is -2.11. The van der Waals surface area contributed by atoms with Crippen molar-refractivity contribution in [1.29, 1.82) is 0 Å². The van der Waals surface area contributed by atoms with E-state index in [9.17, 15) is 18.5 Å². The van der Waals surface area contributed by atoms with E-state index in [1.54, 1.807) is 54.6 Å². The number of non-ortho nitro benzene ring substituents is 1. The van der Waals surface area contributed by atoms with Crippen LogP contribution in [0.1, 0.15) is 13.0 Å². The molecule has 160 valence electrons. The van der Waals surface area contributed by atoms with Crippen LogP contribution in [0, 0.1) is 10.1 Å². The molecular weight excluding hydrogens is 436 g/mol. The minimum atomic E-state index is -3.92. The third kappa shape index (κ3) is 5.07. The summed E-state index contributed by atoms with van der Waals surface area (Å²) in [7, 11) is -3.92. The summed E-state index contributed by atoms with van der Waals surface area (Å²) in [6.07, 6.45) is 0. The fourth-order valence-corrected chi connectivity index (χ4v) is 4.95. The summed E-state index contributed by atoms with van der Waals surface area (Å²) in [6.45, 7) is 0. The number of sulfonamides is 1. The molecule has 0 saturated heterocycles. The van der Waals surface area contributed by atoms with Crippen molar-refractivity contribution in [2.75, 3.05) is 4.72 Å². The van der Waals surface area contributed by atoms with Crippen molar-refractivity contribution < 1.29 is 17.8 Å². The monoisotopic (exact) mass is 456 g/mol. The zero-order chi connectivity index (χ0) is 21.1. The van der Waals surface area contributed by atoms with Crippen LogP contribution in [0.2, 0.25) is 0 Å². The van der Waals surface area contributed by atoms with Gasteiger partial charge in [-0.2, -0.15) is 8.42 Å². The van der Waals surface area contributed by atoms with E-state index in [0.29, 0.717) is 27.3 Å². The molecule has 3 aromatic carbocycles. The summed E-state index contributed by atoms with van der Waals surface area (Å²) in [6, 6.07) is 21.9. The quantitative estimate of drug-likeness (QED) is 0.206. The van der Waals surface area contributed by atoms with Crippen LogP contribution in [0.25, 0.3) is 11.0 Å². The summed E-state index contributed by atoms with van der Waals surface area (Å²) in [5.74, 6) is 0.449. The topological polar surface area (TPSA) is 102 Å². The number of hydrogen-bond acceptors (Lipinski definition) is 6. The molecule has 0 aliphatic heterocycles. The molecule has 0 atom stereocenters. The Balaban J connectivity index is 0.00000272. The molecule has 1 N–H and O–H groups in total. The number of fused-ring (bicyclic) bond motifs is 1. The Hall–Kier alpha value is -3.30. The van der Waals surface area contributed by atoms with Gasteiger partial charge in [-0.15, -0.1) is 11.8 Å². The summed E-state index contributed by atoms with van der Waals surface area (Å²) < 4.78 is 33.7. The molecule has 31 heavy (non-hydrogen) atoms. The molecule has 0 spiro atoms. The number of benzene rings is 3. The van der Waals surface area contributed by atoms with Crippen LogP contribution < -0.4 is 4.72 Å². The van der Waals surface area contributed by atoms with Crippen LogP contribution in [0.3, 0.4) is 0 Å². The van der Waals surface area contributed by atoms with E-state index in [2.05, 4.69) is 4.72 Å². The maximum atomic E-state index is 12.8. The van der Waals surface area contributed by atoms with Crippen LogP contribution in [0.15, 0.2) is 93.3 Å². The second kappa shape index (κ2) is 9.23. The van der Waals surface area contributed by atoms with Gasteiger partial charge in [0.2, 0.25) is 5.09 Å². The van der Waals surface area contributed by atoms with Gasteiger partial charge in [0, 0.05) is 34.2 Å². The van der Waals surface area contributed by atoms with Gasteiger partial charge in [-0.25, -0.2) is 0 Å².